The molecule has 19 heavy (non-hydrogen) atoms. The van der Waals surface area contributed by atoms with Gasteiger partial charge < -0.3 is 4.74 Å². The molecule has 2 atom stereocenters. The van der Waals surface area contributed by atoms with Crippen molar-refractivity contribution < 1.29 is 17.9 Å². The van der Waals surface area contributed by atoms with Gasteiger partial charge in [-0.05, 0) is 18.3 Å². The van der Waals surface area contributed by atoms with Gasteiger partial charge in [-0.1, -0.05) is 13.8 Å². The number of carbonyl (C=O) groups is 1. The fraction of sp³-hybridized carbons (Fsp3) is 0.917. The van der Waals surface area contributed by atoms with Crippen LogP contribution in [0, 0.1) is 11.8 Å². The molecule has 0 aromatic rings. The standard InChI is InChI=1S/C12H24N2O4S/c1-10-5-8-14(9-11(10)2)19(16,17)13(3)7-6-12(15)18-4/h10-11H,5-9H2,1-4H3. The fourth-order valence-electron chi connectivity index (χ4n) is 2.10. The molecule has 1 aliphatic rings. The first-order valence-electron chi connectivity index (χ1n) is 6.57. The van der Waals surface area contributed by atoms with Crippen LogP contribution in [0.15, 0.2) is 0 Å². The summed E-state index contributed by atoms with van der Waals surface area (Å²) in [5.74, 6) is 0.507. The van der Waals surface area contributed by atoms with Crippen LogP contribution in [-0.2, 0) is 19.7 Å². The summed E-state index contributed by atoms with van der Waals surface area (Å²) < 4.78 is 31.9. The van der Waals surface area contributed by atoms with E-state index < -0.39 is 16.2 Å². The van der Waals surface area contributed by atoms with Crippen molar-refractivity contribution in [1.29, 1.82) is 0 Å². The molecule has 1 aliphatic heterocycles. The van der Waals surface area contributed by atoms with Crippen LogP contribution in [0.2, 0.25) is 0 Å². The summed E-state index contributed by atoms with van der Waals surface area (Å²) in [6, 6.07) is 0. The molecule has 0 aliphatic carbocycles. The third kappa shape index (κ3) is 4.15. The van der Waals surface area contributed by atoms with Crippen LogP contribution in [0.5, 0.6) is 0 Å². The molecular formula is C12H24N2O4S. The van der Waals surface area contributed by atoms with Crippen molar-refractivity contribution in [2.45, 2.75) is 26.7 Å². The van der Waals surface area contributed by atoms with E-state index in [1.165, 1.54) is 22.8 Å². The van der Waals surface area contributed by atoms with E-state index >= 15 is 0 Å². The molecule has 1 heterocycles. The number of carbonyl (C=O) groups excluding carboxylic acids is 1. The Labute approximate surface area is 115 Å². The zero-order chi connectivity index (χ0) is 14.6. The number of nitrogens with zero attached hydrogens (tertiary/aromatic N) is 2. The van der Waals surface area contributed by atoms with Gasteiger partial charge in [-0.25, -0.2) is 0 Å². The largest absolute Gasteiger partial charge is 0.469 e. The van der Waals surface area contributed by atoms with E-state index in [4.69, 9.17) is 0 Å². The number of methoxy groups -OCH3 is 1. The summed E-state index contributed by atoms with van der Waals surface area (Å²) in [7, 11) is -0.666. The molecule has 2 unspecified atom stereocenters. The van der Waals surface area contributed by atoms with Crippen molar-refractivity contribution in [3.63, 3.8) is 0 Å². The molecule has 0 amide bonds. The highest BCUT2D eigenvalue weighted by Crippen LogP contribution is 2.25. The quantitative estimate of drug-likeness (QED) is 0.700. The molecule has 1 saturated heterocycles. The van der Waals surface area contributed by atoms with Crippen molar-refractivity contribution in [2.75, 3.05) is 33.8 Å². The van der Waals surface area contributed by atoms with Crippen molar-refractivity contribution in [3.8, 4) is 0 Å². The summed E-state index contributed by atoms with van der Waals surface area (Å²) in [5.41, 5.74) is 0. The van der Waals surface area contributed by atoms with Gasteiger partial charge in [0.1, 0.15) is 0 Å². The van der Waals surface area contributed by atoms with Crippen molar-refractivity contribution >= 4 is 16.2 Å². The van der Waals surface area contributed by atoms with E-state index in [9.17, 15) is 13.2 Å². The van der Waals surface area contributed by atoms with Gasteiger partial charge in [0, 0.05) is 26.7 Å². The molecule has 0 spiro atoms. The van der Waals surface area contributed by atoms with Gasteiger partial charge in [0.05, 0.1) is 13.5 Å². The Morgan fingerprint density at radius 3 is 2.53 bits per heavy atom. The number of ether oxygens (including phenoxy) is 1. The molecule has 6 nitrogen and oxygen atoms in total. The smallest absolute Gasteiger partial charge is 0.306 e. The van der Waals surface area contributed by atoms with E-state index in [1.54, 1.807) is 0 Å². The highest BCUT2D eigenvalue weighted by molar-refractivity contribution is 7.86. The average molecular weight is 292 g/mol. The van der Waals surface area contributed by atoms with E-state index in [-0.39, 0.29) is 13.0 Å². The fourth-order valence-corrected chi connectivity index (χ4v) is 3.57. The molecule has 1 fully saturated rings. The Morgan fingerprint density at radius 2 is 2.00 bits per heavy atom. The topological polar surface area (TPSA) is 66.9 Å². The lowest BCUT2D eigenvalue weighted by molar-refractivity contribution is -0.140. The Morgan fingerprint density at radius 1 is 1.37 bits per heavy atom. The first-order chi connectivity index (χ1) is 8.78. The van der Waals surface area contributed by atoms with E-state index in [2.05, 4.69) is 18.6 Å². The van der Waals surface area contributed by atoms with Crippen LogP contribution in [0.3, 0.4) is 0 Å². The van der Waals surface area contributed by atoms with E-state index in [0.717, 1.165) is 6.42 Å². The average Bonchev–Trinajstić information content (AvgIpc) is 2.38. The minimum atomic E-state index is -3.46. The second-order valence-corrected chi connectivity index (χ2v) is 7.29. The van der Waals surface area contributed by atoms with Gasteiger partial charge in [0.2, 0.25) is 0 Å². The molecule has 1 rings (SSSR count). The predicted octanol–water partition coefficient (Wildman–Crippen LogP) is 0.704. The number of hydrogen-bond donors (Lipinski definition) is 0. The number of hydrogen-bond acceptors (Lipinski definition) is 4. The SMILES string of the molecule is COC(=O)CCN(C)S(=O)(=O)N1CCC(C)C(C)C1. The molecule has 0 bridgehead atoms. The van der Waals surface area contributed by atoms with Gasteiger partial charge in [0.15, 0.2) is 0 Å². The van der Waals surface area contributed by atoms with Gasteiger partial charge >= 0.3 is 5.97 Å². The Balaban J connectivity index is 2.62. The zero-order valence-corrected chi connectivity index (χ0v) is 12.9. The van der Waals surface area contributed by atoms with Gasteiger partial charge in [-0.15, -0.1) is 0 Å². The van der Waals surface area contributed by atoms with Crippen LogP contribution in [0.25, 0.3) is 0 Å². The number of rotatable bonds is 5. The second kappa shape index (κ2) is 6.67. The molecular weight excluding hydrogens is 268 g/mol. The molecule has 0 N–H and O–H groups in total. The lowest BCUT2D eigenvalue weighted by Gasteiger charge is -2.36. The highest BCUT2D eigenvalue weighted by atomic mass is 32.2. The summed E-state index contributed by atoms with van der Waals surface area (Å²) in [6.07, 6.45) is 0.956. The molecule has 0 aromatic heterocycles. The highest BCUT2D eigenvalue weighted by Gasteiger charge is 2.33. The summed E-state index contributed by atoms with van der Waals surface area (Å²) >= 11 is 0. The number of esters is 1. The minimum absolute atomic E-state index is 0.0754. The van der Waals surface area contributed by atoms with Gasteiger partial charge in [-0.3, -0.25) is 4.79 Å². The molecule has 7 heteroatoms. The maximum Gasteiger partial charge on any atom is 0.306 e. The van der Waals surface area contributed by atoms with Crippen molar-refractivity contribution in [2.24, 2.45) is 11.8 Å². The van der Waals surface area contributed by atoms with Crippen LogP contribution in [0.4, 0.5) is 0 Å². The van der Waals surface area contributed by atoms with Gasteiger partial charge in [-0.2, -0.15) is 17.0 Å². The van der Waals surface area contributed by atoms with Crippen molar-refractivity contribution in [3.05, 3.63) is 0 Å². The lowest BCUT2D eigenvalue weighted by atomic mass is 9.90. The van der Waals surface area contributed by atoms with Crippen LogP contribution >= 0.6 is 0 Å². The van der Waals surface area contributed by atoms with Crippen molar-refractivity contribution in [1.82, 2.24) is 8.61 Å². The monoisotopic (exact) mass is 292 g/mol. The second-order valence-electron chi connectivity index (χ2n) is 5.26. The molecule has 112 valence electrons. The lowest BCUT2D eigenvalue weighted by Crippen LogP contribution is -2.48. The summed E-state index contributed by atoms with van der Waals surface area (Å²) in [4.78, 5) is 11.1. The molecule has 0 aromatic carbocycles. The zero-order valence-electron chi connectivity index (χ0n) is 12.1. The Kier molecular flexibility index (Phi) is 5.76. The maximum atomic E-state index is 12.3. The van der Waals surface area contributed by atoms with Crippen LogP contribution < -0.4 is 0 Å². The van der Waals surface area contributed by atoms with Crippen LogP contribution in [-0.4, -0.2) is 56.8 Å². The third-order valence-electron chi connectivity index (χ3n) is 3.88. The van der Waals surface area contributed by atoms with Crippen LogP contribution in [0.1, 0.15) is 26.7 Å². The first kappa shape index (κ1) is 16.4. The van der Waals surface area contributed by atoms with E-state index in [0.29, 0.717) is 24.9 Å². The predicted molar refractivity (Wildman–Crippen MR) is 72.7 cm³/mol. The molecule has 0 saturated carbocycles. The summed E-state index contributed by atoms with van der Waals surface area (Å²) in [5, 5.41) is 0. The molecule has 0 radical (unpaired) electrons. The Hall–Kier alpha value is -0.660. The first-order valence-corrected chi connectivity index (χ1v) is 7.97. The van der Waals surface area contributed by atoms with E-state index in [1.807, 2.05) is 0 Å². The maximum absolute atomic E-state index is 12.3. The van der Waals surface area contributed by atoms with Gasteiger partial charge in [0.25, 0.3) is 10.2 Å². The Bertz CT molecular complexity index is 410. The number of piperidine rings is 1. The minimum Gasteiger partial charge on any atom is -0.469 e. The third-order valence-corrected chi connectivity index (χ3v) is 5.83. The summed E-state index contributed by atoms with van der Waals surface area (Å²) in [6.45, 7) is 5.47. The normalized spacial score (nSPS) is 25.5.